The van der Waals surface area contributed by atoms with Gasteiger partial charge in [0.25, 0.3) is 0 Å². The summed E-state index contributed by atoms with van der Waals surface area (Å²) in [6.45, 7) is 6.17. The van der Waals surface area contributed by atoms with E-state index < -0.39 is 18.2 Å². The third-order valence-corrected chi connectivity index (χ3v) is 10.3. The second-order valence-electron chi connectivity index (χ2n) is 15.9. The predicted octanol–water partition coefficient (Wildman–Crippen LogP) is 14.3. The molecule has 1 amide bonds. The van der Waals surface area contributed by atoms with Gasteiger partial charge in [-0.25, -0.2) is 0 Å². The number of allylic oxidation sites excluding steroid dienone is 18. The maximum absolute atomic E-state index is 13.2. The lowest BCUT2D eigenvalue weighted by Gasteiger charge is -2.24. The Labute approximate surface area is 368 Å². The zero-order valence-corrected chi connectivity index (χ0v) is 38.5. The number of rotatable bonds is 41. The fraction of sp³-hybridized carbons (Fsp3) is 0.630. The number of carbonyl (C=O) groups is 2. The first-order valence-electron chi connectivity index (χ1n) is 24.2. The Balaban J connectivity index is 4.79. The molecule has 0 fully saturated rings. The maximum atomic E-state index is 13.2. The summed E-state index contributed by atoms with van der Waals surface area (Å²) in [5.74, 6) is -0.576. The van der Waals surface area contributed by atoms with Crippen LogP contribution in [0.15, 0.2) is 109 Å². The maximum Gasteiger partial charge on any atom is 0.306 e. The molecular weight excluding hydrogens is 743 g/mol. The molecule has 0 radical (unpaired) electrons. The van der Waals surface area contributed by atoms with Crippen LogP contribution in [0.3, 0.4) is 0 Å². The second-order valence-corrected chi connectivity index (χ2v) is 15.9. The summed E-state index contributed by atoms with van der Waals surface area (Å²) in [5.41, 5.74) is 0. The number of carbonyl (C=O) groups excluding carboxylic acids is 2. The van der Waals surface area contributed by atoms with Crippen LogP contribution in [0.25, 0.3) is 0 Å². The molecule has 0 aromatic rings. The van der Waals surface area contributed by atoms with Crippen LogP contribution in [0.1, 0.15) is 194 Å². The van der Waals surface area contributed by atoms with Crippen LogP contribution >= 0.6 is 0 Å². The van der Waals surface area contributed by atoms with Gasteiger partial charge in [-0.15, -0.1) is 0 Å². The quantitative estimate of drug-likeness (QED) is 0.0247. The highest BCUT2D eigenvalue weighted by Gasteiger charge is 2.24. The number of unbranched alkanes of at least 4 members (excludes halogenated alkanes) is 16. The molecule has 0 aliphatic heterocycles. The van der Waals surface area contributed by atoms with E-state index in [4.69, 9.17) is 4.74 Å². The molecule has 0 rings (SSSR count). The molecule has 6 heteroatoms. The standard InChI is InChI=1S/C54H89NO5/c1-4-7-10-13-16-19-22-24-26-28-30-32-35-38-41-44-47-54(59)60-50(45-42-39-36-33-31-29-27-25-23-20-17-14-11-8-5-2)48-53(58)55-51(49-56)52(57)46-43-40-37-34-21-18-15-12-9-6-3/h7-8,10-11,14,16-17,19-20,23-27,29,31,33,36,50-52,56-57H,4-6,9,12-13,15,18,21-22,28,30,32,34-35,37-49H2,1-3H3,(H,55,58)/b10-7+,11-8-,17-14+,19-16+,23-20+,26-24+,27-25-,31-29+,36-33+. The lowest BCUT2D eigenvalue weighted by atomic mass is 10.0. The summed E-state index contributed by atoms with van der Waals surface area (Å²) >= 11 is 0. The van der Waals surface area contributed by atoms with Crippen molar-refractivity contribution in [3.63, 3.8) is 0 Å². The normalized spacial score (nSPS) is 14.3. The van der Waals surface area contributed by atoms with Crippen molar-refractivity contribution in [1.29, 1.82) is 0 Å². The van der Waals surface area contributed by atoms with Crippen molar-refractivity contribution in [2.24, 2.45) is 0 Å². The Morgan fingerprint density at radius 2 is 1.00 bits per heavy atom. The first kappa shape index (κ1) is 56.5. The average molecular weight is 832 g/mol. The zero-order chi connectivity index (χ0) is 43.8. The number of amides is 1. The third kappa shape index (κ3) is 41.3. The number of hydrogen-bond donors (Lipinski definition) is 3. The predicted molar refractivity (Wildman–Crippen MR) is 259 cm³/mol. The molecule has 6 nitrogen and oxygen atoms in total. The Hall–Kier alpha value is -3.48. The van der Waals surface area contributed by atoms with Crippen molar-refractivity contribution in [2.75, 3.05) is 6.61 Å². The summed E-state index contributed by atoms with van der Waals surface area (Å²) in [5, 5.41) is 23.6. The van der Waals surface area contributed by atoms with E-state index >= 15 is 0 Å². The van der Waals surface area contributed by atoms with Gasteiger partial charge in [0.05, 0.1) is 25.2 Å². The summed E-state index contributed by atoms with van der Waals surface area (Å²) < 4.78 is 5.88. The van der Waals surface area contributed by atoms with Gasteiger partial charge in [-0.2, -0.15) is 0 Å². The van der Waals surface area contributed by atoms with Gasteiger partial charge >= 0.3 is 5.97 Å². The molecule has 0 aliphatic carbocycles. The first-order chi connectivity index (χ1) is 29.5. The van der Waals surface area contributed by atoms with Crippen molar-refractivity contribution < 1.29 is 24.5 Å². The van der Waals surface area contributed by atoms with Crippen LogP contribution in [-0.2, 0) is 14.3 Å². The molecule has 0 heterocycles. The van der Waals surface area contributed by atoms with Crippen LogP contribution in [0.2, 0.25) is 0 Å². The molecule has 3 atom stereocenters. The van der Waals surface area contributed by atoms with Crippen LogP contribution in [0.4, 0.5) is 0 Å². The van der Waals surface area contributed by atoms with Gasteiger partial charge < -0.3 is 20.3 Å². The van der Waals surface area contributed by atoms with E-state index in [0.717, 1.165) is 89.9 Å². The highest BCUT2D eigenvalue weighted by molar-refractivity contribution is 5.77. The number of aliphatic hydroxyl groups is 2. The van der Waals surface area contributed by atoms with Gasteiger partial charge in [-0.05, 0) is 70.6 Å². The van der Waals surface area contributed by atoms with Crippen molar-refractivity contribution in [2.45, 2.75) is 212 Å². The van der Waals surface area contributed by atoms with Gasteiger partial charge in [-0.1, -0.05) is 220 Å². The molecule has 3 unspecified atom stereocenters. The minimum Gasteiger partial charge on any atom is -0.462 e. The summed E-state index contributed by atoms with van der Waals surface area (Å²) in [6.07, 6.45) is 62.9. The minimum absolute atomic E-state index is 0.0141. The number of nitrogens with one attached hydrogen (secondary N) is 1. The van der Waals surface area contributed by atoms with Gasteiger partial charge in [-0.3, -0.25) is 9.59 Å². The number of aliphatic hydroxyl groups excluding tert-OH is 2. The Morgan fingerprint density at radius 1 is 0.517 bits per heavy atom. The van der Waals surface area contributed by atoms with Gasteiger partial charge in [0, 0.05) is 6.42 Å². The SMILES string of the molecule is CC\C=C/C=C/C=C/C=C\C=C\C=C\CCCC(CC(=O)NC(CO)C(O)CCCCCCCCCCCC)OC(=O)CCCCCCCC/C=C/C/C=C/C/C=C/CC. The van der Waals surface area contributed by atoms with Crippen LogP contribution in [0, 0.1) is 0 Å². The largest absolute Gasteiger partial charge is 0.462 e. The number of esters is 1. The van der Waals surface area contributed by atoms with Crippen molar-refractivity contribution in [3.05, 3.63) is 109 Å². The smallest absolute Gasteiger partial charge is 0.306 e. The molecule has 60 heavy (non-hydrogen) atoms. The summed E-state index contributed by atoms with van der Waals surface area (Å²) in [4.78, 5) is 26.1. The topological polar surface area (TPSA) is 95.9 Å². The van der Waals surface area contributed by atoms with Crippen molar-refractivity contribution in [1.82, 2.24) is 5.32 Å². The molecule has 3 N–H and O–H groups in total. The van der Waals surface area contributed by atoms with E-state index in [9.17, 15) is 19.8 Å². The van der Waals surface area contributed by atoms with E-state index in [2.05, 4.69) is 74.7 Å². The molecule has 0 spiro atoms. The van der Waals surface area contributed by atoms with E-state index in [-0.39, 0.29) is 24.9 Å². The molecule has 0 aromatic carbocycles. The lowest BCUT2D eigenvalue weighted by Crippen LogP contribution is -2.46. The van der Waals surface area contributed by atoms with Crippen LogP contribution < -0.4 is 5.32 Å². The van der Waals surface area contributed by atoms with Gasteiger partial charge in [0.15, 0.2) is 0 Å². The molecule has 0 saturated heterocycles. The summed E-state index contributed by atoms with van der Waals surface area (Å²) in [6, 6.07) is -0.734. The minimum atomic E-state index is -0.815. The Kier molecular flexibility index (Phi) is 43.9. The highest BCUT2D eigenvalue weighted by atomic mass is 16.5. The lowest BCUT2D eigenvalue weighted by molar-refractivity contribution is -0.151. The van der Waals surface area contributed by atoms with Crippen LogP contribution in [0.5, 0.6) is 0 Å². The van der Waals surface area contributed by atoms with Gasteiger partial charge in [0.1, 0.15) is 6.10 Å². The van der Waals surface area contributed by atoms with E-state index in [0.29, 0.717) is 19.3 Å². The number of hydrogen-bond acceptors (Lipinski definition) is 5. The monoisotopic (exact) mass is 832 g/mol. The molecule has 0 aromatic heterocycles. The fourth-order valence-electron chi connectivity index (χ4n) is 6.66. The van der Waals surface area contributed by atoms with E-state index in [1.54, 1.807) is 0 Å². The molecule has 0 aliphatic rings. The molecule has 0 bridgehead atoms. The van der Waals surface area contributed by atoms with Gasteiger partial charge in [0.2, 0.25) is 5.91 Å². The summed E-state index contributed by atoms with van der Waals surface area (Å²) in [7, 11) is 0. The average Bonchev–Trinajstić information content (AvgIpc) is 3.24. The number of ether oxygens (including phenoxy) is 1. The molecule has 340 valence electrons. The van der Waals surface area contributed by atoms with E-state index in [1.165, 1.54) is 57.8 Å². The Morgan fingerprint density at radius 3 is 1.58 bits per heavy atom. The second kappa shape index (κ2) is 46.6. The third-order valence-electron chi connectivity index (χ3n) is 10.3. The zero-order valence-electron chi connectivity index (χ0n) is 38.5. The Bertz CT molecular complexity index is 1250. The first-order valence-corrected chi connectivity index (χ1v) is 24.2. The van der Waals surface area contributed by atoms with Crippen LogP contribution in [-0.4, -0.2) is 46.9 Å². The van der Waals surface area contributed by atoms with Crippen molar-refractivity contribution in [3.8, 4) is 0 Å². The van der Waals surface area contributed by atoms with E-state index in [1.807, 2.05) is 60.8 Å². The van der Waals surface area contributed by atoms with Crippen molar-refractivity contribution >= 4 is 11.9 Å². The molecular formula is C54H89NO5. The highest BCUT2D eigenvalue weighted by Crippen LogP contribution is 2.16. The molecule has 0 saturated carbocycles. The fourth-order valence-corrected chi connectivity index (χ4v) is 6.66.